The fourth-order valence-electron chi connectivity index (χ4n) is 3.61. The molecule has 0 spiro atoms. The molecule has 0 radical (unpaired) electrons. The van der Waals surface area contributed by atoms with Crippen LogP contribution in [0.4, 0.5) is 13.2 Å². The molecule has 0 aliphatic carbocycles. The van der Waals surface area contributed by atoms with Crippen LogP contribution < -0.4 is 4.74 Å². The Balaban J connectivity index is 1.51. The summed E-state index contributed by atoms with van der Waals surface area (Å²) in [7, 11) is 0. The van der Waals surface area contributed by atoms with Crippen molar-refractivity contribution in [3.63, 3.8) is 0 Å². The first-order chi connectivity index (χ1) is 15.0. The van der Waals surface area contributed by atoms with E-state index in [2.05, 4.69) is 22.7 Å². The quantitative estimate of drug-likeness (QED) is 0.321. The Kier molecular flexibility index (Phi) is 6.21. The van der Waals surface area contributed by atoms with E-state index in [0.29, 0.717) is 23.8 Å². The van der Waals surface area contributed by atoms with E-state index in [0.717, 1.165) is 28.6 Å². The van der Waals surface area contributed by atoms with Crippen molar-refractivity contribution in [2.24, 2.45) is 0 Å². The fourth-order valence-corrected chi connectivity index (χ4v) is 3.61. The van der Waals surface area contributed by atoms with Crippen LogP contribution in [0.5, 0.6) is 5.75 Å². The first-order valence-corrected chi connectivity index (χ1v) is 10.2. The van der Waals surface area contributed by atoms with E-state index in [1.54, 1.807) is 18.2 Å². The predicted molar refractivity (Wildman–Crippen MR) is 117 cm³/mol. The van der Waals surface area contributed by atoms with Gasteiger partial charge in [0.2, 0.25) is 0 Å². The maximum atomic E-state index is 15.1. The molecule has 0 amide bonds. The molecule has 3 aromatic carbocycles. The zero-order chi connectivity index (χ0) is 21.8. The summed E-state index contributed by atoms with van der Waals surface area (Å²) >= 11 is 0. The number of hydrogen-bond donors (Lipinski definition) is 0. The molecule has 5 heteroatoms. The average molecular weight is 421 g/mol. The highest BCUT2D eigenvalue weighted by Gasteiger charge is 2.10. The summed E-state index contributed by atoms with van der Waals surface area (Å²) in [6.07, 6.45) is 3.92. The zero-order valence-corrected chi connectivity index (χ0v) is 17.1. The lowest BCUT2D eigenvalue weighted by Crippen LogP contribution is -2.02. The van der Waals surface area contributed by atoms with Crippen molar-refractivity contribution in [1.29, 1.82) is 0 Å². The van der Waals surface area contributed by atoms with E-state index in [1.165, 1.54) is 17.7 Å². The molecule has 1 aromatic heterocycles. The monoisotopic (exact) mass is 421 g/mol. The molecule has 1 heterocycles. The van der Waals surface area contributed by atoms with Gasteiger partial charge >= 0.3 is 6.61 Å². The van der Waals surface area contributed by atoms with Crippen LogP contribution in [0, 0.1) is 5.82 Å². The lowest BCUT2D eigenvalue weighted by atomic mass is 9.98. The third kappa shape index (κ3) is 4.88. The van der Waals surface area contributed by atoms with Crippen molar-refractivity contribution in [2.45, 2.75) is 32.8 Å². The topological polar surface area (TPSA) is 22.1 Å². The van der Waals surface area contributed by atoms with Gasteiger partial charge in [-0.25, -0.2) is 4.39 Å². The van der Waals surface area contributed by atoms with Gasteiger partial charge in [-0.3, -0.25) is 4.98 Å². The normalized spacial score (nSPS) is 11.3. The summed E-state index contributed by atoms with van der Waals surface area (Å²) < 4.78 is 43.9. The molecule has 0 saturated carbocycles. The van der Waals surface area contributed by atoms with Gasteiger partial charge in [-0.05, 0) is 65.6 Å². The van der Waals surface area contributed by atoms with Crippen molar-refractivity contribution in [1.82, 2.24) is 4.98 Å². The van der Waals surface area contributed by atoms with Crippen LogP contribution in [0.2, 0.25) is 0 Å². The Labute approximate surface area is 179 Å². The van der Waals surface area contributed by atoms with Crippen molar-refractivity contribution >= 4 is 10.8 Å². The average Bonchev–Trinajstić information content (AvgIpc) is 2.79. The molecular formula is C26H22F3NO. The predicted octanol–water partition coefficient (Wildman–Crippen LogP) is 6.99. The van der Waals surface area contributed by atoms with Crippen LogP contribution in [-0.4, -0.2) is 11.6 Å². The first-order valence-electron chi connectivity index (χ1n) is 10.2. The Bertz CT molecular complexity index is 1170. The fraction of sp³-hybridized carbons (Fsp3) is 0.192. The van der Waals surface area contributed by atoms with Gasteiger partial charge in [-0.2, -0.15) is 8.78 Å². The molecule has 4 rings (SSSR count). The zero-order valence-electron chi connectivity index (χ0n) is 17.1. The Morgan fingerprint density at radius 1 is 0.871 bits per heavy atom. The van der Waals surface area contributed by atoms with Crippen molar-refractivity contribution in [2.75, 3.05) is 0 Å². The van der Waals surface area contributed by atoms with E-state index in [-0.39, 0.29) is 11.6 Å². The SMILES string of the molecule is CCc1ccc(-c2ccc3c(F)c(CCc4ccc(OC(F)F)cc4)ccc3c2)nc1. The van der Waals surface area contributed by atoms with E-state index < -0.39 is 6.61 Å². The maximum Gasteiger partial charge on any atom is 0.387 e. The van der Waals surface area contributed by atoms with Gasteiger partial charge in [0.15, 0.2) is 0 Å². The molecule has 0 aliphatic rings. The Morgan fingerprint density at radius 2 is 1.65 bits per heavy atom. The highest BCUT2D eigenvalue weighted by molar-refractivity contribution is 5.88. The third-order valence-corrected chi connectivity index (χ3v) is 5.39. The van der Waals surface area contributed by atoms with Crippen molar-refractivity contribution in [3.05, 3.63) is 95.4 Å². The minimum Gasteiger partial charge on any atom is -0.435 e. The van der Waals surface area contributed by atoms with Crippen molar-refractivity contribution < 1.29 is 17.9 Å². The van der Waals surface area contributed by atoms with E-state index in [4.69, 9.17) is 0 Å². The number of pyridine rings is 1. The smallest absolute Gasteiger partial charge is 0.387 e. The van der Waals surface area contributed by atoms with E-state index in [1.807, 2.05) is 36.5 Å². The Hall–Kier alpha value is -3.34. The number of aryl methyl sites for hydroxylation is 3. The summed E-state index contributed by atoms with van der Waals surface area (Å²) in [5, 5.41) is 1.40. The highest BCUT2D eigenvalue weighted by atomic mass is 19.3. The number of alkyl halides is 2. The van der Waals surface area contributed by atoms with Gasteiger partial charge < -0.3 is 4.74 Å². The third-order valence-electron chi connectivity index (χ3n) is 5.39. The number of ether oxygens (including phenoxy) is 1. The van der Waals surface area contributed by atoms with Gasteiger partial charge in [-0.15, -0.1) is 0 Å². The van der Waals surface area contributed by atoms with Gasteiger partial charge in [0, 0.05) is 17.1 Å². The van der Waals surface area contributed by atoms with Gasteiger partial charge in [0.25, 0.3) is 0 Å². The van der Waals surface area contributed by atoms with Crippen LogP contribution in [0.15, 0.2) is 72.9 Å². The molecule has 2 nitrogen and oxygen atoms in total. The molecule has 31 heavy (non-hydrogen) atoms. The number of rotatable bonds is 7. The molecule has 0 fully saturated rings. The molecular weight excluding hydrogens is 399 g/mol. The van der Waals surface area contributed by atoms with Gasteiger partial charge in [0.05, 0.1) is 5.69 Å². The summed E-state index contributed by atoms with van der Waals surface area (Å²) in [6.45, 7) is -0.756. The lowest BCUT2D eigenvalue weighted by Gasteiger charge is -2.10. The maximum absolute atomic E-state index is 15.1. The summed E-state index contributed by atoms with van der Waals surface area (Å²) in [4.78, 5) is 4.51. The summed E-state index contributed by atoms with van der Waals surface area (Å²) in [6, 6.07) is 19.9. The Morgan fingerprint density at radius 3 is 2.32 bits per heavy atom. The van der Waals surface area contributed by atoms with Gasteiger partial charge in [0.1, 0.15) is 11.6 Å². The molecule has 0 N–H and O–H groups in total. The summed E-state index contributed by atoms with van der Waals surface area (Å²) in [5.41, 5.74) is 4.55. The molecule has 0 aliphatic heterocycles. The molecule has 0 atom stereocenters. The number of nitrogens with zero attached hydrogens (tertiary/aromatic N) is 1. The van der Waals surface area contributed by atoms with Crippen LogP contribution >= 0.6 is 0 Å². The minimum atomic E-state index is -2.84. The number of fused-ring (bicyclic) bond motifs is 1. The van der Waals surface area contributed by atoms with Crippen molar-refractivity contribution in [3.8, 4) is 17.0 Å². The number of halogens is 3. The molecule has 0 saturated heterocycles. The molecule has 0 unspecified atom stereocenters. The molecule has 4 aromatic rings. The number of benzene rings is 3. The molecule has 158 valence electrons. The van der Waals surface area contributed by atoms with Crippen LogP contribution in [0.3, 0.4) is 0 Å². The number of aromatic nitrogens is 1. The standard InChI is InChI=1S/C26H22F3NO/c1-2-17-6-14-24(30-16-17)21-10-13-23-20(15-21)9-8-19(25(23)27)7-3-18-4-11-22(12-5-18)31-26(28)29/h4-6,8-16,26H,2-3,7H2,1H3. The number of hydrogen-bond acceptors (Lipinski definition) is 2. The largest absolute Gasteiger partial charge is 0.435 e. The van der Waals surface area contributed by atoms with E-state index in [9.17, 15) is 8.78 Å². The van der Waals surface area contributed by atoms with Crippen LogP contribution in [0.25, 0.3) is 22.0 Å². The second-order valence-corrected chi connectivity index (χ2v) is 7.40. The second-order valence-electron chi connectivity index (χ2n) is 7.40. The highest BCUT2D eigenvalue weighted by Crippen LogP contribution is 2.27. The van der Waals surface area contributed by atoms with Crippen LogP contribution in [-0.2, 0) is 19.3 Å². The van der Waals surface area contributed by atoms with Crippen LogP contribution in [0.1, 0.15) is 23.6 Å². The second kappa shape index (κ2) is 9.21. The van der Waals surface area contributed by atoms with Gasteiger partial charge in [-0.1, -0.05) is 49.4 Å². The first kappa shape index (κ1) is 20.9. The lowest BCUT2D eigenvalue weighted by molar-refractivity contribution is -0.0498. The minimum absolute atomic E-state index is 0.116. The van der Waals surface area contributed by atoms with E-state index >= 15 is 4.39 Å². The summed E-state index contributed by atoms with van der Waals surface area (Å²) in [5.74, 6) is -0.110. The molecule has 0 bridgehead atoms.